The van der Waals surface area contributed by atoms with Crippen LogP contribution in [0.5, 0.6) is 11.5 Å². The van der Waals surface area contributed by atoms with E-state index in [1.165, 1.54) is 12.1 Å². The summed E-state index contributed by atoms with van der Waals surface area (Å²) in [4.78, 5) is 12.7. The van der Waals surface area contributed by atoms with Gasteiger partial charge in [-0.05, 0) is 43.9 Å². The smallest absolute Gasteiger partial charge is 0.342 e. The fourth-order valence-corrected chi connectivity index (χ4v) is 2.81. The maximum Gasteiger partial charge on any atom is 0.342 e. The Hall–Kier alpha value is -3.54. The summed E-state index contributed by atoms with van der Waals surface area (Å²) in [6.07, 6.45) is 10.3. The van der Waals surface area contributed by atoms with E-state index in [1.54, 1.807) is 12.1 Å². The molecule has 0 heterocycles. The number of allylic oxidation sites excluding steroid dienone is 1. The first kappa shape index (κ1) is 26.7. The third kappa shape index (κ3) is 6.98. The highest BCUT2D eigenvalue weighted by Gasteiger charge is 2.27. The van der Waals surface area contributed by atoms with Crippen LogP contribution in [0.3, 0.4) is 0 Å². The molecule has 0 saturated heterocycles. The molecule has 0 N–H and O–H groups in total. The number of carbonyl (C=O) groups is 1. The Bertz CT molecular complexity index is 1030. The fraction of sp³-hybridized carbons (Fsp3) is 0.320. The van der Waals surface area contributed by atoms with E-state index in [-0.39, 0.29) is 30.3 Å². The van der Waals surface area contributed by atoms with E-state index in [1.807, 2.05) is 0 Å². The molecule has 182 valence electrons. The lowest BCUT2D eigenvalue weighted by Crippen LogP contribution is -2.13. The van der Waals surface area contributed by atoms with E-state index >= 15 is 0 Å². The first-order chi connectivity index (χ1) is 16.3. The van der Waals surface area contributed by atoms with Crippen LogP contribution in [0, 0.1) is 41.4 Å². The zero-order chi connectivity index (χ0) is 25.1. The minimum atomic E-state index is -2.30. The lowest BCUT2D eigenvalue weighted by atomic mass is 10.1. The molecule has 0 spiro atoms. The van der Waals surface area contributed by atoms with Gasteiger partial charge in [0.15, 0.2) is 23.3 Å². The van der Waals surface area contributed by atoms with Crippen LogP contribution in [0.4, 0.5) is 22.0 Å². The van der Waals surface area contributed by atoms with Crippen molar-refractivity contribution in [3.05, 3.63) is 71.1 Å². The van der Waals surface area contributed by atoms with Crippen LogP contribution in [-0.2, 0) is 11.3 Å². The van der Waals surface area contributed by atoms with Crippen molar-refractivity contribution in [2.45, 2.75) is 38.7 Å². The SMILES string of the molecule is C#CCCCOc1ccc(OCCCCC=C)c(C(=O)OCc2c(F)c(F)c(F)c(F)c2F)c1. The molecule has 0 unspecified atom stereocenters. The number of benzene rings is 2. The van der Waals surface area contributed by atoms with Gasteiger partial charge in [-0.3, -0.25) is 0 Å². The van der Waals surface area contributed by atoms with Crippen molar-refractivity contribution >= 4 is 5.97 Å². The Balaban J connectivity index is 2.21. The second kappa shape index (κ2) is 13.2. The van der Waals surface area contributed by atoms with Crippen molar-refractivity contribution in [3.8, 4) is 23.8 Å². The monoisotopic (exact) mass is 482 g/mol. The summed E-state index contributed by atoms with van der Waals surface area (Å²) in [5.41, 5.74) is -1.40. The molecule has 0 aromatic heterocycles. The van der Waals surface area contributed by atoms with Crippen molar-refractivity contribution in [2.75, 3.05) is 13.2 Å². The van der Waals surface area contributed by atoms with Crippen molar-refractivity contribution in [3.63, 3.8) is 0 Å². The van der Waals surface area contributed by atoms with Gasteiger partial charge in [0.05, 0.1) is 18.8 Å². The lowest BCUT2D eigenvalue weighted by Gasteiger charge is -2.14. The van der Waals surface area contributed by atoms with Gasteiger partial charge < -0.3 is 14.2 Å². The minimum absolute atomic E-state index is 0.108. The standard InChI is InChI=1S/C25H23F5O4/c1-3-5-7-9-13-33-19-11-10-16(32-12-8-6-4-2)14-17(19)25(31)34-15-18-20(26)22(28)24(30)23(29)21(18)27/h2-3,10-11,14H,1,5-9,12-13,15H2. The molecule has 0 aliphatic carbocycles. The molecular formula is C25H23F5O4. The van der Waals surface area contributed by atoms with Gasteiger partial charge >= 0.3 is 5.97 Å². The van der Waals surface area contributed by atoms with Gasteiger partial charge in [-0.1, -0.05) is 6.08 Å². The Morgan fingerprint density at radius 2 is 1.59 bits per heavy atom. The largest absolute Gasteiger partial charge is 0.494 e. The molecule has 9 heteroatoms. The molecule has 4 nitrogen and oxygen atoms in total. The predicted molar refractivity (Wildman–Crippen MR) is 115 cm³/mol. The maximum atomic E-state index is 13.9. The lowest BCUT2D eigenvalue weighted by molar-refractivity contribution is 0.0456. The van der Waals surface area contributed by atoms with E-state index in [2.05, 4.69) is 12.5 Å². The predicted octanol–water partition coefficient (Wildman–Crippen LogP) is 6.27. The van der Waals surface area contributed by atoms with Gasteiger partial charge in [0.25, 0.3) is 0 Å². The van der Waals surface area contributed by atoms with Crippen LogP contribution in [0.25, 0.3) is 0 Å². The number of hydrogen-bond acceptors (Lipinski definition) is 4. The highest BCUT2D eigenvalue weighted by atomic mass is 19.2. The van der Waals surface area contributed by atoms with Crippen LogP contribution >= 0.6 is 0 Å². The van der Waals surface area contributed by atoms with Gasteiger partial charge in [-0.25, -0.2) is 26.7 Å². The number of terminal acetylenes is 1. The molecule has 2 aromatic carbocycles. The van der Waals surface area contributed by atoms with Crippen molar-refractivity contribution in [2.24, 2.45) is 0 Å². The molecule has 0 amide bonds. The van der Waals surface area contributed by atoms with E-state index in [0.29, 0.717) is 19.3 Å². The summed E-state index contributed by atoms with van der Waals surface area (Å²) in [7, 11) is 0. The Kier molecular flexibility index (Phi) is 10.4. The van der Waals surface area contributed by atoms with E-state index in [4.69, 9.17) is 20.6 Å². The number of halogens is 5. The number of carbonyl (C=O) groups excluding carboxylic acids is 1. The Morgan fingerprint density at radius 1 is 0.941 bits per heavy atom. The first-order valence-electron chi connectivity index (χ1n) is 10.4. The molecule has 0 aliphatic rings. The molecule has 0 bridgehead atoms. The third-order valence-electron chi connectivity index (χ3n) is 4.61. The fourth-order valence-electron chi connectivity index (χ4n) is 2.81. The molecular weight excluding hydrogens is 459 g/mol. The van der Waals surface area contributed by atoms with Crippen LogP contribution in [-0.4, -0.2) is 19.2 Å². The van der Waals surface area contributed by atoms with Crippen molar-refractivity contribution < 1.29 is 41.0 Å². The minimum Gasteiger partial charge on any atom is -0.494 e. The van der Waals surface area contributed by atoms with Gasteiger partial charge in [-0.2, -0.15) is 0 Å². The van der Waals surface area contributed by atoms with E-state index in [0.717, 1.165) is 12.8 Å². The van der Waals surface area contributed by atoms with Crippen LogP contribution < -0.4 is 9.47 Å². The summed E-state index contributed by atoms with van der Waals surface area (Å²) >= 11 is 0. The first-order valence-corrected chi connectivity index (χ1v) is 10.4. The molecule has 0 atom stereocenters. The quantitative estimate of drug-likeness (QED) is 0.0643. The molecule has 0 saturated carbocycles. The number of ether oxygens (including phenoxy) is 3. The maximum absolute atomic E-state index is 13.9. The van der Waals surface area contributed by atoms with Gasteiger partial charge in [0.1, 0.15) is 23.7 Å². The summed E-state index contributed by atoms with van der Waals surface area (Å²) in [5, 5.41) is 0. The van der Waals surface area contributed by atoms with Crippen LogP contribution in [0.1, 0.15) is 48.0 Å². The van der Waals surface area contributed by atoms with Crippen LogP contribution in [0.2, 0.25) is 0 Å². The topological polar surface area (TPSA) is 44.8 Å². The molecule has 0 radical (unpaired) electrons. The summed E-state index contributed by atoms with van der Waals surface area (Å²) in [5.74, 6) is -8.96. The molecule has 2 rings (SSSR count). The second-order valence-electron chi connectivity index (χ2n) is 7.07. The van der Waals surface area contributed by atoms with Gasteiger partial charge in [-0.15, -0.1) is 18.9 Å². The second-order valence-corrected chi connectivity index (χ2v) is 7.07. The molecule has 2 aromatic rings. The van der Waals surface area contributed by atoms with E-state index < -0.39 is 47.2 Å². The number of unbranched alkanes of at least 4 members (excludes halogenated alkanes) is 3. The Labute approximate surface area is 194 Å². The van der Waals surface area contributed by atoms with Crippen molar-refractivity contribution in [1.82, 2.24) is 0 Å². The van der Waals surface area contributed by atoms with Crippen molar-refractivity contribution in [1.29, 1.82) is 0 Å². The highest BCUT2D eigenvalue weighted by Crippen LogP contribution is 2.28. The Morgan fingerprint density at radius 3 is 2.24 bits per heavy atom. The average molecular weight is 482 g/mol. The van der Waals surface area contributed by atoms with Gasteiger partial charge in [0.2, 0.25) is 5.82 Å². The highest BCUT2D eigenvalue weighted by molar-refractivity contribution is 5.93. The molecule has 0 aliphatic heterocycles. The zero-order valence-corrected chi connectivity index (χ0v) is 18.3. The molecule has 34 heavy (non-hydrogen) atoms. The van der Waals surface area contributed by atoms with Gasteiger partial charge in [0, 0.05) is 6.42 Å². The summed E-state index contributed by atoms with van der Waals surface area (Å²) in [6, 6.07) is 4.31. The van der Waals surface area contributed by atoms with E-state index in [9.17, 15) is 26.7 Å². The number of rotatable bonds is 13. The average Bonchev–Trinajstić information content (AvgIpc) is 2.84. The number of esters is 1. The summed E-state index contributed by atoms with van der Waals surface area (Å²) < 4.78 is 83.8. The van der Waals surface area contributed by atoms with Crippen LogP contribution in [0.15, 0.2) is 30.9 Å². The number of hydrogen-bond donors (Lipinski definition) is 0. The summed E-state index contributed by atoms with van der Waals surface area (Å²) in [6.45, 7) is 2.97. The third-order valence-corrected chi connectivity index (χ3v) is 4.61. The normalized spacial score (nSPS) is 10.5. The molecule has 0 fully saturated rings. The zero-order valence-electron chi connectivity index (χ0n) is 18.3.